The zero-order valence-electron chi connectivity index (χ0n) is 16.1. The van der Waals surface area contributed by atoms with E-state index in [1.165, 1.54) is 24.3 Å². The number of hydrogen-bond donors (Lipinski definition) is 1. The minimum absolute atomic E-state index is 0.0346. The normalized spacial score (nSPS) is 10.7. The maximum atomic E-state index is 12.1. The predicted molar refractivity (Wildman–Crippen MR) is 113 cm³/mol. The summed E-state index contributed by atoms with van der Waals surface area (Å²) >= 11 is 0. The molecule has 2 aromatic heterocycles. The molecule has 4 aromatic rings. The van der Waals surface area contributed by atoms with Gasteiger partial charge in [-0.3, -0.25) is 14.9 Å². The quantitative estimate of drug-likeness (QED) is 0.384. The van der Waals surface area contributed by atoms with Gasteiger partial charge in [-0.25, -0.2) is 4.98 Å². The van der Waals surface area contributed by atoms with Gasteiger partial charge in [0, 0.05) is 35.8 Å². The number of anilines is 1. The fourth-order valence-electron chi connectivity index (χ4n) is 3.03. The molecule has 2 heterocycles. The molecule has 8 nitrogen and oxygen atoms in total. The van der Waals surface area contributed by atoms with E-state index in [4.69, 9.17) is 4.74 Å². The van der Waals surface area contributed by atoms with E-state index < -0.39 is 4.92 Å². The monoisotopic (exact) mass is 402 g/mol. The average molecular weight is 402 g/mol. The van der Waals surface area contributed by atoms with Crippen LogP contribution in [0.2, 0.25) is 0 Å². The summed E-state index contributed by atoms with van der Waals surface area (Å²) < 4.78 is 7.35. The molecule has 0 radical (unpaired) electrons. The fourth-order valence-corrected chi connectivity index (χ4v) is 3.03. The van der Waals surface area contributed by atoms with Crippen LogP contribution in [-0.4, -0.2) is 26.8 Å². The van der Waals surface area contributed by atoms with Crippen LogP contribution in [0.1, 0.15) is 5.56 Å². The molecule has 0 unspecified atom stereocenters. The molecule has 30 heavy (non-hydrogen) atoms. The van der Waals surface area contributed by atoms with Crippen LogP contribution in [0.4, 0.5) is 11.4 Å². The van der Waals surface area contributed by atoms with Crippen molar-refractivity contribution in [3.8, 4) is 17.0 Å². The summed E-state index contributed by atoms with van der Waals surface area (Å²) in [6.07, 6.45) is 3.92. The van der Waals surface area contributed by atoms with E-state index in [-0.39, 0.29) is 18.2 Å². The zero-order chi connectivity index (χ0) is 21.1. The van der Waals surface area contributed by atoms with Gasteiger partial charge in [-0.2, -0.15) is 0 Å². The van der Waals surface area contributed by atoms with Crippen LogP contribution in [0, 0.1) is 17.0 Å². The number of ether oxygens (including phenoxy) is 1. The number of pyridine rings is 1. The van der Waals surface area contributed by atoms with E-state index in [9.17, 15) is 14.9 Å². The van der Waals surface area contributed by atoms with E-state index in [0.29, 0.717) is 11.4 Å². The molecule has 0 aliphatic rings. The van der Waals surface area contributed by atoms with Crippen LogP contribution in [0.5, 0.6) is 5.75 Å². The third-order valence-corrected chi connectivity index (χ3v) is 4.56. The number of nitrogens with one attached hydrogen (secondary N) is 1. The van der Waals surface area contributed by atoms with Gasteiger partial charge in [0.1, 0.15) is 11.4 Å². The molecule has 0 fully saturated rings. The summed E-state index contributed by atoms with van der Waals surface area (Å²) in [6.45, 7) is 1.81. The number of rotatable bonds is 6. The average Bonchev–Trinajstić information content (AvgIpc) is 3.19. The highest BCUT2D eigenvalue weighted by Crippen LogP contribution is 2.22. The van der Waals surface area contributed by atoms with E-state index in [1.54, 1.807) is 12.1 Å². The molecule has 1 amide bonds. The van der Waals surface area contributed by atoms with Crippen molar-refractivity contribution in [1.29, 1.82) is 0 Å². The summed E-state index contributed by atoms with van der Waals surface area (Å²) in [7, 11) is 0. The van der Waals surface area contributed by atoms with Crippen LogP contribution in [0.3, 0.4) is 0 Å². The highest BCUT2D eigenvalue weighted by atomic mass is 16.6. The number of aromatic nitrogens is 2. The highest BCUT2D eigenvalue weighted by molar-refractivity contribution is 5.92. The van der Waals surface area contributed by atoms with Crippen LogP contribution in [0.15, 0.2) is 73.1 Å². The molecule has 4 rings (SSSR count). The number of benzene rings is 2. The first kappa shape index (κ1) is 19.1. The number of aryl methyl sites for hydroxylation is 1. The second-order valence-electron chi connectivity index (χ2n) is 6.71. The maximum Gasteiger partial charge on any atom is 0.269 e. The number of non-ortho nitro benzene ring substituents is 1. The summed E-state index contributed by atoms with van der Waals surface area (Å²) in [6, 6.07) is 16.9. The van der Waals surface area contributed by atoms with Crippen molar-refractivity contribution in [2.45, 2.75) is 6.92 Å². The maximum absolute atomic E-state index is 12.1. The topological polar surface area (TPSA) is 98.8 Å². The largest absolute Gasteiger partial charge is 0.484 e. The first-order valence-electron chi connectivity index (χ1n) is 9.21. The summed E-state index contributed by atoms with van der Waals surface area (Å²) in [5.74, 6) is 0.0534. The minimum Gasteiger partial charge on any atom is -0.484 e. The second-order valence-corrected chi connectivity index (χ2v) is 6.71. The Kier molecular flexibility index (Phi) is 5.13. The number of fused-ring (bicyclic) bond motifs is 1. The zero-order valence-corrected chi connectivity index (χ0v) is 16.1. The Morgan fingerprint density at radius 1 is 1.13 bits per heavy atom. The van der Waals surface area contributed by atoms with Crippen LogP contribution in [0.25, 0.3) is 16.9 Å². The lowest BCUT2D eigenvalue weighted by atomic mass is 10.1. The lowest BCUT2D eigenvalue weighted by Crippen LogP contribution is -2.20. The first-order chi connectivity index (χ1) is 14.5. The second kappa shape index (κ2) is 8.04. The molecule has 1 N–H and O–H groups in total. The summed E-state index contributed by atoms with van der Waals surface area (Å²) in [4.78, 5) is 26.9. The number of hydrogen-bond acceptors (Lipinski definition) is 5. The van der Waals surface area contributed by atoms with E-state index in [2.05, 4.69) is 10.3 Å². The molecule has 150 valence electrons. The van der Waals surface area contributed by atoms with Crippen molar-refractivity contribution in [2.24, 2.45) is 0 Å². The fraction of sp³-hybridized carbons (Fsp3) is 0.0909. The SMILES string of the molecule is Cc1cccn2cc(-c3ccc(NC(=O)COc4ccc([N+](=O)[O-])cc4)cc3)nc12. The molecule has 0 bridgehead atoms. The van der Waals surface area contributed by atoms with Crippen molar-refractivity contribution in [1.82, 2.24) is 9.38 Å². The van der Waals surface area contributed by atoms with Crippen molar-refractivity contribution in [3.05, 3.63) is 88.7 Å². The lowest BCUT2D eigenvalue weighted by molar-refractivity contribution is -0.384. The Morgan fingerprint density at radius 2 is 1.87 bits per heavy atom. The minimum atomic E-state index is -0.492. The smallest absolute Gasteiger partial charge is 0.269 e. The van der Waals surface area contributed by atoms with Gasteiger partial charge < -0.3 is 14.5 Å². The van der Waals surface area contributed by atoms with Crippen molar-refractivity contribution in [3.63, 3.8) is 0 Å². The lowest BCUT2D eigenvalue weighted by Gasteiger charge is -2.08. The Morgan fingerprint density at radius 3 is 2.53 bits per heavy atom. The van der Waals surface area contributed by atoms with Gasteiger partial charge >= 0.3 is 0 Å². The molecule has 2 aromatic carbocycles. The number of carbonyl (C=O) groups excluding carboxylic acids is 1. The Bertz CT molecular complexity index is 1210. The van der Waals surface area contributed by atoms with Gasteiger partial charge in [0.05, 0.1) is 10.6 Å². The number of nitrogens with zero attached hydrogens (tertiary/aromatic N) is 3. The third-order valence-electron chi connectivity index (χ3n) is 4.56. The van der Waals surface area contributed by atoms with Crippen LogP contribution in [-0.2, 0) is 4.79 Å². The van der Waals surface area contributed by atoms with E-state index in [0.717, 1.165) is 22.5 Å². The van der Waals surface area contributed by atoms with E-state index in [1.807, 2.05) is 48.0 Å². The van der Waals surface area contributed by atoms with Crippen LogP contribution < -0.4 is 10.1 Å². The highest BCUT2D eigenvalue weighted by Gasteiger charge is 2.09. The van der Waals surface area contributed by atoms with Crippen LogP contribution >= 0.6 is 0 Å². The van der Waals surface area contributed by atoms with Gasteiger partial charge in [0.15, 0.2) is 6.61 Å². The third kappa shape index (κ3) is 4.12. The molecule has 0 saturated carbocycles. The number of nitro groups is 1. The number of imidazole rings is 1. The van der Waals surface area contributed by atoms with Crippen molar-refractivity contribution >= 4 is 22.9 Å². The molecule has 0 saturated heterocycles. The van der Waals surface area contributed by atoms with Crippen molar-refractivity contribution in [2.75, 3.05) is 11.9 Å². The summed E-state index contributed by atoms with van der Waals surface area (Å²) in [5, 5.41) is 13.4. The predicted octanol–water partition coefficient (Wildman–Crippen LogP) is 4.24. The van der Waals surface area contributed by atoms with Gasteiger partial charge in [0.25, 0.3) is 11.6 Å². The van der Waals surface area contributed by atoms with Gasteiger partial charge in [-0.05, 0) is 42.8 Å². The van der Waals surface area contributed by atoms with E-state index >= 15 is 0 Å². The molecule has 8 heteroatoms. The molecule has 0 aliphatic heterocycles. The Labute approximate surface area is 171 Å². The standard InChI is InChI=1S/C22H18N4O4/c1-15-3-2-12-25-13-20(24-22(15)25)16-4-6-17(7-5-16)23-21(27)14-30-19-10-8-18(9-11-19)26(28)29/h2-13H,14H2,1H3,(H,23,27). The molecule has 0 spiro atoms. The van der Waals surface area contributed by atoms with Gasteiger partial charge in [0.2, 0.25) is 0 Å². The number of amides is 1. The van der Waals surface area contributed by atoms with Gasteiger partial charge in [-0.1, -0.05) is 18.2 Å². The molecule has 0 aliphatic carbocycles. The Hall–Kier alpha value is -4.20. The van der Waals surface area contributed by atoms with Gasteiger partial charge in [-0.15, -0.1) is 0 Å². The molecular weight excluding hydrogens is 384 g/mol. The molecular formula is C22H18N4O4. The Balaban J connectivity index is 1.37. The molecule has 0 atom stereocenters. The summed E-state index contributed by atoms with van der Waals surface area (Å²) in [5.41, 5.74) is 4.40. The first-order valence-corrected chi connectivity index (χ1v) is 9.21. The number of carbonyl (C=O) groups is 1. The van der Waals surface area contributed by atoms with Crippen molar-refractivity contribution < 1.29 is 14.5 Å². The number of nitro benzene ring substituents is 1.